The molecule has 0 fully saturated rings. The molecule has 0 unspecified atom stereocenters. The molecule has 0 aromatic carbocycles. The summed E-state index contributed by atoms with van der Waals surface area (Å²) in [6, 6.07) is 0. The van der Waals surface area contributed by atoms with Crippen molar-refractivity contribution in [3.8, 4) is 0 Å². The third kappa shape index (κ3) is 70.3. The second-order valence-electron chi connectivity index (χ2n) is 1.51. The maximum atomic E-state index is 9.12. The van der Waals surface area contributed by atoms with Gasteiger partial charge in [0.1, 0.15) is 0 Å². The topological polar surface area (TPSA) is 80.3 Å². The first-order valence-electron chi connectivity index (χ1n) is 3.06. The van der Waals surface area contributed by atoms with Crippen LogP contribution in [-0.4, -0.2) is 44.8 Å². The molecular formula is C6H10Cl2O4Sn. The van der Waals surface area contributed by atoms with Crippen molar-refractivity contribution < 1.29 is 19.8 Å². The Morgan fingerprint density at radius 1 is 1.08 bits per heavy atom. The molecule has 0 N–H and O–H groups in total. The Morgan fingerprint density at radius 3 is 1.15 bits per heavy atom. The summed E-state index contributed by atoms with van der Waals surface area (Å²) in [6.45, 7) is 0. The van der Waals surface area contributed by atoms with Gasteiger partial charge in [-0.2, -0.15) is 0 Å². The summed E-state index contributed by atoms with van der Waals surface area (Å²) in [4.78, 5) is 22.8. The van der Waals surface area contributed by atoms with Crippen molar-refractivity contribution in [1.29, 1.82) is 0 Å². The van der Waals surface area contributed by atoms with Crippen LogP contribution in [0, 0.1) is 0 Å². The fourth-order valence-electron chi connectivity index (χ4n) is 0. The fraction of sp³-hybridized carbons (Fsp3) is 0.667. The molecule has 0 atom stereocenters. The number of halogens is 2. The maximum absolute atomic E-state index is 9.12. The Bertz CT molecular complexity index is 118. The van der Waals surface area contributed by atoms with Crippen molar-refractivity contribution in [3.05, 3.63) is 0 Å². The first-order chi connectivity index (χ1) is 5.95. The van der Waals surface area contributed by atoms with Crippen LogP contribution in [0.3, 0.4) is 0 Å². The fourth-order valence-corrected chi connectivity index (χ4v) is 0. The summed E-state index contributed by atoms with van der Waals surface area (Å²) >= 11 is 9.58. The van der Waals surface area contributed by atoms with Crippen LogP contribution in [0.5, 0.6) is 0 Å². The van der Waals surface area contributed by atoms with Crippen LogP contribution in [0.2, 0.25) is 9.88 Å². The van der Waals surface area contributed by atoms with Gasteiger partial charge in [0, 0.05) is 0 Å². The number of hydrogen-bond acceptors (Lipinski definition) is 4. The molecule has 0 rings (SSSR count). The van der Waals surface area contributed by atoms with Crippen molar-refractivity contribution in [1.82, 2.24) is 0 Å². The molecule has 0 saturated carbocycles. The summed E-state index contributed by atoms with van der Waals surface area (Å²) < 4.78 is 0. The molecule has 0 spiro atoms. The van der Waals surface area contributed by atoms with E-state index in [2.05, 4.69) is 33.1 Å². The van der Waals surface area contributed by atoms with Crippen LogP contribution in [0.1, 0.15) is 0 Å². The molecule has 0 aromatic heterocycles. The zero-order valence-corrected chi connectivity index (χ0v) is 11.7. The summed E-state index contributed by atoms with van der Waals surface area (Å²) in [7, 11) is 0. The predicted molar refractivity (Wildman–Crippen MR) is 48.9 cm³/mol. The molecule has 7 heteroatoms. The Balaban J connectivity index is -0.000000120. The molecular weight excluding hydrogens is 326 g/mol. The van der Waals surface area contributed by atoms with Gasteiger partial charge in [0.05, 0.1) is 23.7 Å². The molecule has 0 saturated heterocycles. The van der Waals surface area contributed by atoms with Gasteiger partial charge in [-0.15, -0.1) is 23.2 Å². The van der Waals surface area contributed by atoms with E-state index in [-0.39, 0.29) is 21.1 Å². The third-order valence-electron chi connectivity index (χ3n) is 0.218. The van der Waals surface area contributed by atoms with Crippen molar-refractivity contribution in [2.24, 2.45) is 0 Å². The van der Waals surface area contributed by atoms with E-state index in [1.807, 2.05) is 0 Å². The summed E-state index contributed by atoms with van der Waals surface area (Å²) in [6.07, 6.45) is 0. The van der Waals surface area contributed by atoms with E-state index in [9.17, 15) is 0 Å². The normalized spacial score (nSPS) is 6.46. The van der Waals surface area contributed by atoms with Crippen molar-refractivity contribution in [3.63, 3.8) is 0 Å². The van der Waals surface area contributed by atoms with Gasteiger partial charge >= 0.3 is 31.0 Å². The van der Waals surface area contributed by atoms with Gasteiger partial charge in [-0.3, -0.25) is 0 Å². The number of alkyl halides is 2. The zero-order valence-electron chi connectivity index (χ0n) is 7.30. The number of carboxylic acids is 2. The first-order valence-corrected chi connectivity index (χ1v) is 9.84. The van der Waals surface area contributed by atoms with Gasteiger partial charge in [0.25, 0.3) is 0 Å². The molecule has 0 radical (unpaired) electrons. The van der Waals surface area contributed by atoms with Gasteiger partial charge in [-0.1, -0.05) is 0 Å². The number of rotatable bonds is 2. The summed E-state index contributed by atoms with van der Waals surface area (Å²) in [5, 5.41) is 18.2. The van der Waals surface area contributed by atoms with Crippen LogP contribution >= 0.6 is 23.2 Å². The second-order valence-corrected chi connectivity index (χ2v) is 4.90. The van der Waals surface area contributed by atoms with Crippen LogP contribution in [-0.2, 0) is 9.59 Å². The molecule has 4 nitrogen and oxygen atoms in total. The Morgan fingerprint density at radius 2 is 1.15 bits per heavy atom. The van der Waals surface area contributed by atoms with Crippen LogP contribution in [0.25, 0.3) is 0 Å². The zero-order chi connectivity index (χ0) is 11.3. The Labute approximate surface area is 97.4 Å². The van der Waals surface area contributed by atoms with Crippen molar-refractivity contribution in [2.75, 3.05) is 11.8 Å². The van der Waals surface area contributed by atoms with Crippen LogP contribution in [0.4, 0.5) is 0 Å². The van der Waals surface area contributed by atoms with Crippen LogP contribution < -0.4 is 10.2 Å². The number of carboxylic acid groups (broad SMARTS) is 2. The van der Waals surface area contributed by atoms with Gasteiger partial charge in [-0.25, -0.2) is 0 Å². The quantitative estimate of drug-likeness (QED) is 0.466. The van der Waals surface area contributed by atoms with E-state index in [4.69, 9.17) is 19.8 Å². The molecule has 0 bridgehead atoms. The van der Waals surface area contributed by atoms with E-state index < -0.39 is 23.7 Å². The summed E-state index contributed by atoms with van der Waals surface area (Å²) in [5.41, 5.74) is 0. The predicted octanol–water partition coefficient (Wildman–Crippen LogP) is -1.26. The number of carbonyl (C=O) groups is 2. The SMILES string of the molecule is O=C([O-])CCl.O=C([O-])CCl.[CH3][Sn+2][CH3]. The van der Waals surface area contributed by atoms with E-state index >= 15 is 0 Å². The molecule has 0 amide bonds. The average molecular weight is 336 g/mol. The van der Waals surface area contributed by atoms with Gasteiger partial charge in [0.2, 0.25) is 0 Å². The molecule has 0 aliphatic heterocycles. The number of carbonyl (C=O) groups excluding carboxylic acids is 2. The average Bonchev–Trinajstić information content (AvgIpc) is 2.07. The minimum atomic E-state index is -1.23. The first kappa shape index (κ1) is 19.0. The molecule has 0 aromatic rings. The van der Waals surface area contributed by atoms with Crippen molar-refractivity contribution in [2.45, 2.75) is 9.88 Å². The summed E-state index contributed by atoms with van der Waals surface area (Å²) in [5.74, 6) is -3.29. The molecule has 0 aliphatic rings. The van der Waals surface area contributed by atoms with Gasteiger partial charge in [0.15, 0.2) is 0 Å². The van der Waals surface area contributed by atoms with Crippen LogP contribution in [0.15, 0.2) is 0 Å². The second kappa shape index (κ2) is 18.2. The molecule has 0 aliphatic carbocycles. The standard InChI is InChI=1S/2C2H3ClO2.2CH3.Sn/c2*3-1-2(4)5;;;/h2*1H2,(H,4,5);2*1H3;/q;;;;+2/p-2. The Kier molecular flexibility index (Phi) is 26.5. The van der Waals surface area contributed by atoms with Gasteiger partial charge in [-0.05, 0) is 0 Å². The molecule has 13 heavy (non-hydrogen) atoms. The third-order valence-corrected chi connectivity index (χ3v) is 0.655. The number of aliphatic carboxylic acids is 2. The molecule has 76 valence electrons. The van der Waals surface area contributed by atoms with E-state index in [0.717, 1.165) is 0 Å². The Hall–Kier alpha value is 0.319. The number of hydrogen-bond donors (Lipinski definition) is 0. The monoisotopic (exact) mass is 336 g/mol. The minimum absolute atomic E-state index is 0.230. The van der Waals surface area contributed by atoms with Crippen molar-refractivity contribution >= 4 is 56.3 Å². The van der Waals surface area contributed by atoms with E-state index in [1.54, 1.807) is 0 Å². The van der Waals surface area contributed by atoms with E-state index in [0.29, 0.717) is 0 Å². The van der Waals surface area contributed by atoms with Gasteiger partial charge < -0.3 is 19.8 Å². The van der Waals surface area contributed by atoms with E-state index in [1.165, 1.54) is 0 Å². The molecule has 0 heterocycles.